The van der Waals surface area contributed by atoms with Crippen LogP contribution in [0.15, 0.2) is 12.1 Å². The Labute approximate surface area is 117 Å². The van der Waals surface area contributed by atoms with Crippen LogP contribution in [0.1, 0.15) is 40.2 Å². The number of rotatable bonds is 5. The summed E-state index contributed by atoms with van der Waals surface area (Å²) >= 11 is 1.48. The normalized spacial score (nSPS) is 20.4. The molecule has 1 aliphatic heterocycles. The molecule has 2 heterocycles. The van der Waals surface area contributed by atoms with E-state index in [1.807, 2.05) is 12.1 Å². The van der Waals surface area contributed by atoms with Crippen LogP contribution in [-0.4, -0.2) is 35.1 Å². The summed E-state index contributed by atoms with van der Waals surface area (Å²) in [7, 11) is 0. The molecule has 1 fully saturated rings. The highest BCUT2D eigenvalue weighted by Gasteiger charge is 2.22. The summed E-state index contributed by atoms with van der Waals surface area (Å²) < 4.78 is 0. The monoisotopic (exact) mass is 283 g/mol. The molecule has 2 rings (SSSR count). The number of hydrogen-bond donors (Lipinski definition) is 3. The van der Waals surface area contributed by atoms with Crippen molar-refractivity contribution in [2.45, 2.75) is 38.3 Å². The molecule has 0 bridgehead atoms. The van der Waals surface area contributed by atoms with E-state index >= 15 is 0 Å². The van der Waals surface area contributed by atoms with Gasteiger partial charge < -0.3 is 5.11 Å². The number of hydrogen-bond acceptors (Lipinski definition) is 5. The molecule has 0 radical (unpaired) electrons. The molecule has 5 nitrogen and oxygen atoms in total. The average molecular weight is 283 g/mol. The Hall–Kier alpha value is -0.950. The number of thiophene rings is 1. The van der Waals surface area contributed by atoms with E-state index in [1.54, 1.807) is 0 Å². The highest BCUT2D eigenvalue weighted by Crippen LogP contribution is 2.24. The van der Waals surface area contributed by atoms with Gasteiger partial charge in [0.1, 0.15) is 0 Å². The second-order valence-electron chi connectivity index (χ2n) is 4.87. The van der Waals surface area contributed by atoms with Crippen molar-refractivity contribution in [1.29, 1.82) is 0 Å². The predicted molar refractivity (Wildman–Crippen MR) is 75.7 cm³/mol. The predicted octanol–water partition coefficient (Wildman–Crippen LogP) is 1.09. The lowest BCUT2D eigenvalue weighted by atomic mass is 9.99. The van der Waals surface area contributed by atoms with Gasteiger partial charge in [0, 0.05) is 24.1 Å². The van der Waals surface area contributed by atoms with Crippen molar-refractivity contribution in [1.82, 2.24) is 10.3 Å². The molecule has 1 aromatic rings. The van der Waals surface area contributed by atoms with Crippen LogP contribution in [0.5, 0.6) is 0 Å². The zero-order valence-electron chi connectivity index (χ0n) is 11.0. The van der Waals surface area contributed by atoms with Crippen LogP contribution in [0.2, 0.25) is 0 Å². The molecule has 1 aliphatic rings. The van der Waals surface area contributed by atoms with Crippen molar-refractivity contribution >= 4 is 17.2 Å². The number of nitrogens with one attached hydrogen (secondary N) is 1. The Balaban J connectivity index is 1.98. The van der Waals surface area contributed by atoms with Crippen molar-refractivity contribution in [2.75, 3.05) is 13.2 Å². The molecule has 0 aromatic carbocycles. The quantitative estimate of drug-likeness (QED) is 0.429. The Bertz CT molecular complexity index is 420. The van der Waals surface area contributed by atoms with Crippen molar-refractivity contribution in [3.8, 4) is 0 Å². The number of amides is 1. The first-order valence-electron chi connectivity index (χ1n) is 6.69. The summed E-state index contributed by atoms with van der Waals surface area (Å²) in [6, 6.07) is 4.26. The third-order valence-electron chi connectivity index (χ3n) is 3.59. The highest BCUT2D eigenvalue weighted by molar-refractivity contribution is 7.14. The summed E-state index contributed by atoms with van der Waals surface area (Å²) in [6.45, 7) is 2.17. The number of carbonyl (C=O) groups excluding carboxylic acids is 1. The third kappa shape index (κ3) is 3.76. The van der Waals surface area contributed by atoms with E-state index in [0.29, 0.717) is 10.9 Å². The van der Waals surface area contributed by atoms with Gasteiger partial charge in [-0.2, -0.15) is 0 Å². The molecule has 0 saturated carbocycles. The van der Waals surface area contributed by atoms with Gasteiger partial charge in [-0.3, -0.25) is 15.1 Å². The van der Waals surface area contributed by atoms with Gasteiger partial charge in [0.05, 0.1) is 4.88 Å². The minimum Gasteiger partial charge on any atom is -0.396 e. The van der Waals surface area contributed by atoms with Crippen LogP contribution in [0, 0.1) is 0 Å². The number of piperidine rings is 1. The minimum atomic E-state index is -0.234. The molecule has 1 atom stereocenters. The fourth-order valence-corrected chi connectivity index (χ4v) is 3.54. The second-order valence-corrected chi connectivity index (χ2v) is 6.04. The highest BCUT2D eigenvalue weighted by atomic mass is 32.1. The minimum absolute atomic E-state index is 0.234. The largest absolute Gasteiger partial charge is 0.396 e. The van der Waals surface area contributed by atoms with Gasteiger partial charge in [0.15, 0.2) is 0 Å². The molecular weight excluding hydrogens is 262 g/mol. The maximum absolute atomic E-state index is 11.4. The molecule has 0 spiro atoms. The standard InChI is InChI=1S/C13H21N3O2S/c14-15-13(18)12-5-4-11(19-12)9-16-7-2-1-3-10(16)6-8-17/h4-5,10,17H,1-3,6-9,14H2,(H,15,18). The summed E-state index contributed by atoms with van der Waals surface area (Å²) in [5.74, 6) is 4.89. The van der Waals surface area contributed by atoms with E-state index in [9.17, 15) is 4.79 Å². The van der Waals surface area contributed by atoms with Crippen molar-refractivity contribution in [3.63, 3.8) is 0 Å². The van der Waals surface area contributed by atoms with E-state index in [2.05, 4.69) is 10.3 Å². The molecule has 1 amide bonds. The zero-order chi connectivity index (χ0) is 13.7. The number of aliphatic hydroxyl groups is 1. The molecule has 6 heteroatoms. The molecule has 106 valence electrons. The SMILES string of the molecule is NNC(=O)c1ccc(CN2CCCCC2CCO)s1. The summed E-state index contributed by atoms with van der Waals surface area (Å²) in [5, 5.41) is 9.12. The van der Waals surface area contributed by atoms with Gasteiger partial charge in [-0.15, -0.1) is 11.3 Å². The Morgan fingerprint density at radius 3 is 3.11 bits per heavy atom. The summed E-state index contributed by atoms with van der Waals surface area (Å²) in [5.41, 5.74) is 2.15. The molecule has 0 aliphatic carbocycles. The van der Waals surface area contributed by atoms with Crippen LogP contribution >= 0.6 is 11.3 Å². The van der Waals surface area contributed by atoms with Crippen molar-refractivity contribution in [2.24, 2.45) is 5.84 Å². The number of likely N-dealkylation sites (tertiary alicyclic amines) is 1. The second kappa shape index (κ2) is 7.00. The van der Waals surface area contributed by atoms with Crippen LogP contribution in [-0.2, 0) is 6.54 Å². The molecule has 1 saturated heterocycles. The fourth-order valence-electron chi connectivity index (χ4n) is 2.60. The Morgan fingerprint density at radius 1 is 1.53 bits per heavy atom. The van der Waals surface area contributed by atoms with Gasteiger partial charge >= 0.3 is 0 Å². The van der Waals surface area contributed by atoms with E-state index in [0.717, 1.165) is 25.9 Å². The lowest BCUT2D eigenvalue weighted by Crippen LogP contribution is -2.39. The van der Waals surface area contributed by atoms with Gasteiger partial charge in [-0.05, 0) is 37.9 Å². The van der Waals surface area contributed by atoms with Crippen molar-refractivity contribution < 1.29 is 9.90 Å². The van der Waals surface area contributed by atoms with Crippen LogP contribution in [0.3, 0.4) is 0 Å². The number of hydrazine groups is 1. The van der Waals surface area contributed by atoms with E-state index in [4.69, 9.17) is 10.9 Å². The van der Waals surface area contributed by atoms with Crippen LogP contribution < -0.4 is 11.3 Å². The van der Waals surface area contributed by atoms with Crippen LogP contribution in [0.25, 0.3) is 0 Å². The fraction of sp³-hybridized carbons (Fsp3) is 0.615. The van der Waals surface area contributed by atoms with Crippen LogP contribution in [0.4, 0.5) is 0 Å². The molecule has 19 heavy (non-hydrogen) atoms. The maximum atomic E-state index is 11.4. The first-order chi connectivity index (χ1) is 9.24. The Morgan fingerprint density at radius 2 is 2.37 bits per heavy atom. The van der Waals surface area contributed by atoms with E-state index in [-0.39, 0.29) is 12.5 Å². The molecule has 1 unspecified atom stereocenters. The lowest BCUT2D eigenvalue weighted by molar-refractivity contribution is 0.0957. The number of carbonyl (C=O) groups is 1. The molecular formula is C13H21N3O2S. The zero-order valence-corrected chi connectivity index (χ0v) is 11.8. The van der Waals surface area contributed by atoms with Gasteiger partial charge in [-0.25, -0.2) is 5.84 Å². The van der Waals surface area contributed by atoms with Crippen molar-refractivity contribution in [3.05, 3.63) is 21.9 Å². The number of aliphatic hydroxyl groups excluding tert-OH is 1. The van der Waals surface area contributed by atoms with Gasteiger partial charge in [0.2, 0.25) is 0 Å². The maximum Gasteiger partial charge on any atom is 0.275 e. The Kier molecular flexibility index (Phi) is 5.33. The smallest absolute Gasteiger partial charge is 0.275 e. The van der Waals surface area contributed by atoms with E-state index in [1.165, 1.54) is 29.1 Å². The topological polar surface area (TPSA) is 78.6 Å². The number of nitrogen functional groups attached to an aromatic ring is 1. The number of nitrogens with two attached hydrogens (primary N) is 1. The molecule has 1 aromatic heterocycles. The number of nitrogens with zero attached hydrogens (tertiary/aromatic N) is 1. The van der Waals surface area contributed by atoms with Gasteiger partial charge in [0.25, 0.3) is 5.91 Å². The summed E-state index contributed by atoms with van der Waals surface area (Å²) in [4.78, 5) is 15.6. The third-order valence-corrected chi connectivity index (χ3v) is 4.66. The first-order valence-corrected chi connectivity index (χ1v) is 7.51. The lowest BCUT2D eigenvalue weighted by Gasteiger charge is -2.35. The average Bonchev–Trinajstić information content (AvgIpc) is 2.89. The molecule has 4 N–H and O–H groups in total. The summed E-state index contributed by atoms with van der Waals surface area (Å²) in [6.07, 6.45) is 4.44. The first kappa shape index (κ1) is 14.5. The van der Waals surface area contributed by atoms with Gasteiger partial charge in [-0.1, -0.05) is 6.42 Å². The van der Waals surface area contributed by atoms with E-state index < -0.39 is 0 Å².